The van der Waals surface area contributed by atoms with Gasteiger partial charge in [-0.2, -0.15) is 4.31 Å². The van der Waals surface area contributed by atoms with Crippen LogP contribution < -0.4 is 4.31 Å². The highest BCUT2D eigenvalue weighted by atomic mass is 35.5. The standard InChI is InChI=1S/C21H24ClN3O5S2/c1-3-11-25(20-10-5-4-9-19(20)22)32(29,30)18-8-6-7-17(16-18)21(26)23-12-14-24(15-13-23)31(2,27)28/h3-10,16H,1,11-15H2,2H3. The number of halogens is 1. The van der Waals surface area contributed by atoms with Gasteiger partial charge < -0.3 is 4.90 Å². The van der Waals surface area contributed by atoms with Crippen LogP contribution in [0.15, 0.2) is 66.1 Å². The molecule has 1 fully saturated rings. The number of carbonyl (C=O) groups excluding carboxylic acids is 1. The van der Waals surface area contributed by atoms with Gasteiger partial charge in [0.15, 0.2) is 0 Å². The monoisotopic (exact) mass is 497 g/mol. The number of sulfonamides is 2. The van der Waals surface area contributed by atoms with Gasteiger partial charge in [-0.05, 0) is 30.3 Å². The van der Waals surface area contributed by atoms with Crippen molar-refractivity contribution in [3.63, 3.8) is 0 Å². The number of anilines is 1. The van der Waals surface area contributed by atoms with Crippen molar-refractivity contribution in [3.8, 4) is 0 Å². The molecule has 172 valence electrons. The molecule has 2 aromatic carbocycles. The second-order valence-corrected chi connectivity index (χ2v) is 11.5. The van der Waals surface area contributed by atoms with E-state index >= 15 is 0 Å². The lowest BCUT2D eigenvalue weighted by Gasteiger charge is -2.33. The van der Waals surface area contributed by atoms with Gasteiger partial charge in [0.25, 0.3) is 15.9 Å². The fourth-order valence-corrected chi connectivity index (χ4v) is 6.03. The van der Waals surface area contributed by atoms with E-state index in [-0.39, 0.29) is 54.1 Å². The second kappa shape index (κ2) is 9.62. The first-order valence-corrected chi connectivity index (χ1v) is 13.4. The molecule has 0 spiro atoms. The zero-order valence-corrected chi connectivity index (χ0v) is 19.9. The molecule has 3 rings (SSSR count). The molecule has 1 amide bonds. The Hall–Kier alpha value is -2.40. The van der Waals surface area contributed by atoms with Gasteiger partial charge in [0, 0.05) is 31.7 Å². The number of hydrogen-bond acceptors (Lipinski definition) is 5. The highest BCUT2D eigenvalue weighted by Gasteiger charge is 2.29. The Morgan fingerprint density at radius 1 is 1.06 bits per heavy atom. The number of benzene rings is 2. The maximum absolute atomic E-state index is 13.4. The Morgan fingerprint density at radius 2 is 1.72 bits per heavy atom. The molecule has 0 unspecified atom stereocenters. The lowest BCUT2D eigenvalue weighted by atomic mass is 10.2. The minimum Gasteiger partial charge on any atom is -0.336 e. The molecule has 0 saturated carbocycles. The van der Waals surface area contributed by atoms with Crippen LogP contribution in [0.25, 0.3) is 0 Å². The van der Waals surface area contributed by atoms with Crippen molar-refractivity contribution in [3.05, 3.63) is 71.8 Å². The third-order valence-electron chi connectivity index (χ3n) is 5.08. The molecule has 0 aromatic heterocycles. The fourth-order valence-electron chi connectivity index (χ4n) is 3.42. The summed E-state index contributed by atoms with van der Waals surface area (Å²) in [7, 11) is -7.35. The molecule has 2 aromatic rings. The number of hydrogen-bond donors (Lipinski definition) is 0. The molecular formula is C21H24ClN3O5S2. The summed E-state index contributed by atoms with van der Waals surface area (Å²) in [5, 5.41) is 0.272. The van der Waals surface area contributed by atoms with E-state index in [0.717, 1.165) is 10.6 Å². The van der Waals surface area contributed by atoms with Crippen molar-refractivity contribution in [1.29, 1.82) is 0 Å². The molecule has 0 aliphatic carbocycles. The maximum atomic E-state index is 13.4. The Labute approximate surface area is 193 Å². The number of nitrogens with zero attached hydrogens (tertiary/aromatic N) is 3. The minimum absolute atomic E-state index is 0.00229. The number of piperazine rings is 1. The Bertz CT molecular complexity index is 1220. The van der Waals surface area contributed by atoms with Crippen molar-refractivity contribution < 1.29 is 21.6 Å². The summed E-state index contributed by atoms with van der Waals surface area (Å²) < 4.78 is 52.6. The highest BCUT2D eigenvalue weighted by molar-refractivity contribution is 7.92. The topological polar surface area (TPSA) is 95.1 Å². The van der Waals surface area contributed by atoms with Crippen LogP contribution in [-0.4, -0.2) is 70.9 Å². The molecule has 1 heterocycles. The second-order valence-electron chi connectivity index (χ2n) is 7.26. The van der Waals surface area contributed by atoms with E-state index in [0.29, 0.717) is 5.69 Å². The van der Waals surface area contributed by atoms with Gasteiger partial charge in [0.05, 0.1) is 28.4 Å². The van der Waals surface area contributed by atoms with Gasteiger partial charge in [0.2, 0.25) is 10.0 Å². The number of rotatable bonds is 7. The summed E-state index contributed by atoms with van der Waals surface area (Å²) >= 11 is 6.23. The van der Waals surface area contributed by atoms with Gasteiger partial charge in [-0.1, -0.05) is 35.9 Å². The molecule has 1 saturated heterocycles. The predicted octanol–water partition coefficient (Wildman–Crippen LogP) is 2.44. The van der Waals surface area contributed by atoms with E-state index in [1.54, 1.807) is 24.3 Å². The van der Waals surface area contributed by atoms with Crippen LogP contribution in [0.3, 0.4) is 0 Å². The van der Waals surface area contributed by atoms with E-state index in [2.05, 4.69) is 6.58 Å². The summed E-state index contributed by atoms with van der Waals surface area (Å²) in [4.78, 5) is 14.4. The van der Waals surface area contributed by atoms with Gasteiger partial charge >= 0.3 is 0 Å². The third-order valence-corrected chi connectivity index (χ3v) is 8.48. The zero-order valence-electron chi connectivity index (χ0n) is 17.5. The summed E-state index contributed by atoms with van der Waals surface area (Å²) in [6.45, 7) is 4.48. The molecule has 0 radical (unpaired) electrons. The van der Waals surface area contributed by atoms with Crippen molar-refractivity contribution in [2.24, 2.45) is 0 Å². The number of carbonyl (C=O) groups is 1. The molecule has 0 atom stereocenters. The molecule has 1 aliphatic heterocycles. The van der Waals surface area contributed by atoms with Crippen molar-refractivity contribution in [2.75, 3.05) is 43.3 Å². The molecule has 0 N–H and O–H groups in total. The first-order chi connectivity index (χ1) is 15.1. The molecule has 32 heavy (non-hydrogen) atoms. The lowest BCUT2D eigenvalue weighted by Crippen LogP contribution is -2.50. The van der Waals surface area contributed by atoms with E-state index < -0.39 is 20.0 Å². The SMILES string of the molecule is C=CCN(c1ccccc1Cl)S(=O)(=O)c1cccc(C(=O)N2CCN(S(C)(=O)=O)CC2)c1. The first kappa shape index (κ1) is 24.2. The van der Waals surface area contributed by atoms with Crippen molar-refractivity contribution in [2.45, 2.75) is 4.90 Å². The van der Waals surface area contributed by atoms with Crippen LogP contribution in [0.2, 0.25) is 5.02 Å². The van der Waals surface area contributed by atoms with Gasteiger partial charge in [-0.15, -0.1) is 6.58 Å². The van der Waals surface area contributed by atoms with E-state index in [9.17, 15) is 21.6 Å². The van der Waals surface area contributed by atoms with Crippen LogP contribution >= 0.6 is 11.6 Å². The Morgan fingerprint density at radius 3 is 2.31 bits per heavy atom. The molecule has 8 nitrogen and oxygen atoms in total. The van der Waals surface area contributed by atoms with E-state index in [4.69, 9.17) is 11.6 Å². The van der Waals surface area contributed by atoms with Crippen LogP contribution in [-0.2, 0) is 20.0 Å². The molecule has 11 heteroatoms. The molecule has 1 aliphatic rings. The van der Waals surface area contributed by atoms with Crippen LogP contribution in [0.1, 0.15) is 10.4 Å². The average Bonchev–Trinajstić information content (AvgIpc) is 2.77. The summed E-state index contributed by atoms with van der Waals surface area (Å²) in [5.74, 6) is -0.358. The van der Waals surface area contributed by atoms with Crippen molar-refractivity contribution in [1.82, 2.24) is 9.21 Å². The summed E-state index contributed by atoms with van der Waals surface area (Å²) in [6, 6.07) is 12.4. The van der Waals surface area contributed by atoms with Crippen molar-refractivity contribution >= 4 is 43.2 Å². The molecule has 0 bridgehead atoms. The largest absolute Gasteiger partial charge is 0.336 e. The average molecular weight is 498 g/mol. The van der Waals surface area contributed by atoms with Gasteiger partial charge in [0.1, 0.15) is 0 Å². The van der Waals surface area contributed by atoms with E-state index in [1.807, 2.05) is 0 Å². The Kier molecular flexibility index (Phi) is 7.29. The van der Waals surface area contributed by atoms with Gasteiger partial charge in [-0.25, -0.2) is 16.8 Å². The predicted molar refractivity (Wildman–Crippen MR) is 125 cm³/mol. The van der Waals surface area contributed by atoms with Gasteiger partial charge in [-0.3, -0.25) is 9.10 Å². The van der Waals surface area contributed by atoms with Crippen LogP contribution in [0.4, 0.5) is 5.69 Å². The molecular weight excluding hydrogens is 474 g/mol. The fraction of sp³-hybridized carbons (Fsp3) is 0.286. The smallest absolute Gasteiger partial charge is 0.264 e. The zero-order chi connectivity index (χ0) is 23.5. The first-order valence-electron chi connectivity index (χ1n) is 9.78. The van der Waals surface area contributed by atoms with E-state index in [1.165, 1.54) is 39.5 Å². The summed E-state index contributed by atoms with van der Waals surface area (Å²) in [6.07, 6.45) is 2.59. The normalized spacial score (nSPS) is 15.4. The highest BCUT2D eigenvalue weighted by Crippen LogP contribution is 2.30. The third kappa shape index (κ3) is 5.15. The lowest BCUT2D eigenvalue weighted by molar-refractivity contribution is 0.0698. The quantitative estimate of drug-likeness (QED) is 0.547. The Balaban J connectivity index is 1.88. The minimum atomic E-state index is -4.03. The maximum Gasteiger partial charge on any atom is 0.264 e. The van der Waals surface area contributed by atoms with Crippen LogP contribution in [0.5, 0.6) is 0 Å². The van der Waals surface area contributed by atoms with Crippen LogP contribution in [0, 0.1) is 0 Å². The summed E-state index contributed by atoms with van der Waals surface area (Å²) in [5.41, 5.74) is 0.513. The number of amides is 1. The number of para-hydroxylation sites is 1.